The predicted molar refractivity (Wildman–Crippen MR) is 122 cm³/mol. The van der Waals surface area contributed by atoms with Crippen LogP contribution in [0.5, 0.6) is 23.0 Å². The molecule has 11 heteroatoms. The number of nitrogens with zero attached hydrogens (tertiary/aromatic N) is 3. The molecule has 0 atom stereocenters. The molecule has 0 unspecified atom stereocenters. The first-order chi connectivity index (χ1) is 15.8. The van der Waals surface area contributed by atoms with E-state index >= 15 is 0 Å². The molecule has 0 saturated heterocycles. The third-order valence-electron chi connectivity index (χ3n) is 4.84. The van der Waals surface area contributed by atoms with E-state index in [-0.39, 0.29) is 17.4 Å². The van der Waals surface area contributed by atoms with Gasteiger partial charge >= 0.3 is 0 Å². The maximum absolute atomic E-state index is 14.4. The van der Waals surface area contributed by atoms with E-state index in [1.165, 1.54) is 21.3 Å². The zero-order valence-corrected chi connectivity index (χ0v) is 18.9. The Bertz CT molecular complexity index is 1150. The highest BCUT2D eigenvalue weighted by molar-refractivity contribution is 5.67. The number of hydrogen-bond acceptors (Lipinski definition) is 10. The van der Waals surface area contributed by atoms with Crippen molar-refractivity contribution in [2.45, 2.75) is 19.4 Å². The lowest BCUT2D eigenvalue weighted by molar-refractivity contribution is 0.115. The Balaban J connectivity index is 1.57. The molecule has 0 bridgehead atoms. The monoisotopic (exact) mass is 456 g/mol. The summed E-state index contributed by atoms with van der Waals surface area (Å²) >= 11 is 0. The fourth-order valence-corrected chi connectivity index (χ4v) is 3.27. The van der Waals surface area contributed by atoms with E-state index in [2.05, 4.69) is 30.9 Å². The SMILES string of the molecule is COc1cc(Nc2ncc(F)c(Nc3ccc4c(n3)NCC(C)(C)O4)n2)cc(OC)c1OC. The second-order valence-corrected chi connectivity index (χ2v) is 7.81. The van der Waals surface area contributed by atoms with Crippen LogP contribution in [0.15, 0.2) is 30.5 Å². The van der Waals surface area contributed by atoms with Gasteiger partial charge in [0.25, 0.3) is 0 Å². The number of methoxy groups -OCH3 is 3. The smallest absolute Gasteiger partial charge is 0.229 e. The van der Waals surface area contributed by atoms with E-state index in [1.807, 2.05) is 13.8 Å². The molecule has 4 rings (SSSR count). The second kappa shape index (κ2) is 8.85. The Morgan fingerprint density at radius 1 is 1.03 bits per heavy atom. The van der Waals surface area contributed by atoms with Crippen molar-refractivity contribution in [2.24, 2.45) is 0 Å². The minimum Gasteiger partial charge on any atom is -0.493 e. The van der Waals surface area contributed by atoms with Crippen LogP contribution < -0.4 is 34.9 Å². The van der Waals surface area contributed by atoms with Crippen LogP contribution in [0.3, 0.4) is 0 Å². The first-order valence-corrected chi connectivity index (χ1v) is 10.1. The van der Waals surface area contributed by atoms with Crippen LogP contribution in [0.4, 0.5) is 33.5 Å². The molecule has 0 saturated carbocycles. The van der Waals surface area contributed by atoms with Gasteiger partial charge in [-0.3, -0.25) is 0 Å². The maximum atomic E-state index is 14.4. The van der Waals surface area contributed by atoms with Crippen LogP contribution in [0, 0.1) is 5.82 Å². The number of nitrogens with one attached hydrogen (secondary N) is 3. The first kappa shape index (κ1) is 22.2. The van der Waals surface area contributed by atoms with Gasteiger partial charge in [0.05, 0.1) is 34.1 Å². The van der Waals surface area contributed by atoms with Gasteiger partial charge in [0.2, 0.25) is 11.7 Å². The Labute approximate surface area is 190 Å². The van der Waals surface area contributed by atoms with Gasteiger partial charge in [-0.15, -0.1) is 0 Å². The molecule has 2 aromatic heterocycles. The van der Waals surface area contributed by atoms with Crippen molar-refractivity contribution in [1.29, 1.82) is 0 Å². The fraction of sp³-hybridized carbons (Fsp3) is 0.318. The molecule has 0 spiro atoms. The van der Waals surface area contributed by atoms with Crippen LogP contribution >= 0.6 is 0 Å². The van der Waals surface area contributed by atoms with Crippen molar-refractivity contribution in [3.63, 3.8) is 0 Å². The molecule has 0 amide bonds. The van der Waals surface area contributed by atoms with E-state index < -0.39 is 5.82 Å². The van der Waals surface area contributed by atoms with Crippen LogP contribution in [0.25, 0.3) is 0 Å². The van der Waals surface area contributed by atoms with Crippen molar-refractivity contribution in [3.05, 3.63) is 36.3 Å². The summed E-state index contributed by atoms with van der Waals surface area (Å²) in [6.45, 7) is 4.56. The third-order valence-corrected chi connectivity index (χ3v) is 4.84. The van der Waals surface area contributed by atoms with Gasteiger partial charge in [0.15, 0.2) is 34.7 Å². The normalized spacial score (nSPS) is 13.8. The van der Waals surface area contributed by atoms with Crippen LogP contribution in [0.1, 0.15) is 13.8 Å². The summed E-state index contributed by atoms with van der Waals surface area (Å²) in [6.07, 6.45) is 1.07. The lowest BCUT2D eigenvalue weighted by Gasteiger charge is -2.32. The number of pyridine rings is 1. The van der Waals surface area contributed by atoms with Gasteiger partial charge in [-0.2, -0.15) is 4.98 Å². The highest BCUT2D eigenvalue weighted by atomic mass is 19.1. The zero-order chi connectivity index (χ0) is 23.6. The maximum Gasteiger partial charge on any atom is 0.229 e. The molecule has 0 fully saturated rings. The molecular formula is C22H25FN6O4. The van der Waals surface area contributed by atoms with Crippen LogP contribution in [-0.4, -0.2) is 48.4 Å². The second-order valence-electron chi connectivity index (χ2n) is 7.81. The fourth-order valence-electron chi connectivity index (χ4n) is 3.27. The summed E-state index contributed by atoms with van der Waals surface area (Å²) in [5, 5.41) is 9.13. The number of ether oxygens (including phenoxy) is 4. The molecule has 1 aliphatic heterocycles. The lowest BCUT2D eigenvalue weighted by Crippen LogP contribution is -2.40. The van der Waals surface area contributed by atoms with Gasteiger partial charge in [-0.1, -0.05) is 0 Å². The Hall–Kier alpha value is -4.02. The van der Waals surface area contributed by atoms with Gasteiger partial charge in [0, 0.05) is 17.8 Å². The summed E-state index contributed by atoms with van der Waals surface area (Å²) in [7, 11) is 4.56. The lowest BCUT2D eigenvalue weighted by atomic mass is 10.1. The largest absolute Gasteiger partial charge is 0.493 e. The van der Waals surface area contributed by atoms with E-state index in [0.29, 0.717) is 46.9 Å². The molecule has 1 aromatic carbocycles. The zero-order valence-electron chi connectivity index (χ0n) is 18.9. The third kappa shape index (κ3) is 4.76. The Morgan fingerprint density at radius 2 is 1.76 bits per heavy atom. The molecule has 3 N–H and O–H groups in total. The Morgan fingerprint density at radius 3 is 2.42 bits per heavy atom. The minimum atomic E-state index is -0.629. The molecule has 0 aliphatic carbocycles. The highest BCUT2D eigenvalue weighted by Crippen LogP contribution is 2.40. The van der Waals surface area contributed by atoms with Gasteiger partial charge < -0.3 is 34.9 Å². The number of anilines is 5. The average molecular weight is 456 g/mol. The van der Waals surface area contributed by atoms with Crippen LogP contribution in [0.2, 0.25) is 0 Å². The minimum absolute atomic E-state index is 0.0375. The van der Waals surface area contributed by atoms with Crippen molar-refractivity contribution in [3.8, 4) is 23.0 Å². The highest BCUT2D eigenvalue weighted by Gasteiger charge is 2.27. The molecule has 3 heterocycles. The number of fused-ring (bicyclic) bond motifs is 1. The van der Waals surface area contributed by atoms with Gasteiger partial charge in [0.1, 0.15) is 11.4 Å². The number of benzene rings is 1. The van der Waals surface area contributed by atoms with E-state index in [9.17, 15) is 4.39 Å². The molecule has 33 heavy (non-hydrogen) atoms. The number of rotatable bonds is 7. The van der Waals surface area contributed by atoms with Crippen molar-refractivity contribution in [2.75, 3.05) is 43.8 Å². The van der Waals surface area contributed by atoms with Crippen LogP contribution in [-0.2, 0) is 0 Å². The standard InChI is InChI=1S/C22H25FN6O4/c1-22(2)11-25-20-14(33-22)6-7-17(28-20)27-19-13(23)10-24-21(29-19)26-12-8-15(30-3)18(32-5)16(9-12)31-4/h6-10H,11H2,1-5H3,(H3,24,25,26,27,28,29). The van der Waals surface area contributed by atoms with Gasteiger partial charge in [-0.25, -0.2) is 14.4 Å². The topological polar surface area (TPSA) is 112 Å². The van der Waals surface area contributed by atoms with Crippen molar-refractivity contribution >= 4 is 29.1 Å². The molecule has 10 nitrogen and oxygen atoms in total. The molecule has 174 valence electrons. The van der Waals surface area contributed by atoms with E-state index in [1.54, 1.807) is 24.3 Å². The summed E-state index contributed by atoms with van der Waals surface area (Å²) < 4.78 is 36.4. The van der Waals surface area contributed by atoms with Crippen molar-refractivity contribution in [1.82, 2.24) is 15.0 Å². The summed E-state index contributed by atoms with van der Waals surface area (Å²) in [4.78, 5) is 12.7. The molecule has 3 aromatic rings. The summed E-state index contributed by atoms with van der Waals surface area (Å²) in [6, 6.07) is 6.85. The average Bonchev–Trinajstić information content (AvgIpc) is 2.80. The quantitative estimate of drug-likeness (QED) is 0.480. The van der Waals surface area contributed by atoms with E-state index in [4.69, 9.17) is 18.9 Å². The predicted octanol–water partition coefficient (Wildman–Crippen LogP) is 4.11. The number of hydrogen-bond donors (Lipinski definition) is 3. The van der Waals surface area contributed by atoms with Crippen molar-refractivity contribution < 1.29 is 23.3 Å². The number of halogens is 1. The number of aromatic nitrogens is 3. The molecule has 0 radical (unpaired) electrons. The summed E-state index contributed by atoms with van der Waals surface area (Å²) in [5.74, 6) is 2.46. The first-order valence-electron chi connectivity index (χ1n) is 10.1. The molecule has 1 aliphatic rings. The van der Waals surface area contributed by atoms with Gasteiger partial charge in [-0.05, 0) is 26.0 Å². The van der Waals surface area contributed by atoms with E-state index in [0.717, 1.165) is 6.20 Å². The molecular weight excluding hydrogens is 431 g/mol. The summed E-state index contributed by atoms with van der Waals surface area (Å²) in [5.41, 5.74) is 0.230. The Kier molecular flexibility index (Phi) is 5.95.